The van der Waals surface area contributed by atoms with Crippen molar-refractivity contribution in [3.05, 3.63) is 0 Å². The number of likely N-dealkylation sites (tertiary alicyclic amines) is 2. The van der Waals surface area contributed by atoms with E-state index in [1.165, 1.54) is 58.3 Å². The monoisotopic (exact) mass is 264 g/mol. The Labute approximate surface area is 118 Å². The predicted octanol–water partition coefficient (Wildman–Crippen LogP) is 0.291. The Morgan fingerprint density at radius 2 is 1.42 bits per heavy atom. The highest BCUT2D eigenvalue weighted by Crippen LogP contribution is 2.43. The fourth-order valence-corrected chi connectivity index (χ4v) is 5.93. The van der Waals surface area contributed by atoms with Crippen molar-refractivity contribution in [3.63, 3.8) is 0 Å². The van der Waals surface area contributed by atoms with Crippen LogP contribution in [0.2, 0.25) is 0 Å². The van der Waals surface area contributed by atoms with Crippen LogP contribution in [0.1, 0.15) is 57.8 Å². The zero-order valence-electron chi connectivity index (χ0n) is 12.5. The molecule has 2 aliphatic carbocycles. The molecule has 0 unspecified atom stereocenters. The first-order valence-electron chi connectivity index (χ1n) is 9.09. The van der Waals surface area contributed by atoms with Crippen molar-refractivity contribution in [2.24, 2.45) is 11.8 Å². The molecule has 0 aromatic carbocycles. The molecule has 4 aliphatic rings. The van der Waals surface area contributed by atoms with Gasteiger partial charge < -0.3 is 9.80 Å². The van der Waals surface area contributed by atoms with Gasteiger partial charge in [0.1, 0.15) is 0 Å². The summed E-state index contributed by atoms with van der Waals surface area (Å²) in [5.74, 6) is 2.26. The van der Waals surface area contributed by atoms with Crippen molar-refractivity contribution in [1.82, 2.24) is 0 Å². The van der Waals surface area contributed by atoms with E-state index in [2.05, 4.69) is 0 Å². The summed E-state index contributed by atoms with van der Waals surface area (Å²) < 4.78 is 0. The molecule has 19 heavy (non-hydrogen) atoms. The molecule has 2 heteroatoms. The topological polar surface area (TPSA) is 8.88 Å². The minimum atomic E-state index is 1.03. The van der Waals surface area contributed by atoms with Gasteiger partial charge in [-0.15, -0.1) is 0 Å². The van der Waals surface area contributed by atoms with Crippen LogP contribution >= 0.6 is 0 Å². The highest BCUT2D eigenvalue weighted by Gasteiger charge is 2.46. The van der Waals surface area contributed by atoms with Crippen molar-refractivity contribution < 1.29 is 9.80 Å². The maximum atomic E-state index is 2.01. The first-order chi connectivity index (χ1) is 9.40. The standard InChI is InChI=1S/C17H30N2/c1-2-8-18(9-3-1)16-6-10-19(11-7-16)17-13-14-4-5-15(17)12-14/h14-17H,1-13H2/p+2/t14-,15-,17+/m0/s1. The van der Waals surface area contributed by atoms with Crippen molar-refractivity contribution in [2.45, 2.75) is 69.9 Å². The van der Waals surface area contributed by atoms with E-state index in [1.54, 1.807) is 25.7 Å². The van der Waals surface area contributed by atoms with E-state index in [-0.39, 0.29) is 0 Å². The molecule has 2 aliphatic heterocycles. The molecule has 0 aromatic heterocycles. The molecule has 0 aromatic rings. The van der Waals surface area contributed by atoms with Crippen LogP contribution in [0, 0.1) is 11.8 Å². The van der Waals surface area contributed by atoms with Crippen LogP contribution in [-0.2, 0) is 0 Å². The lowest BCUT2D eigenvalue weighted by Gasteiger charge is -2.39. The zero-order chi connectivity index (χ0) is 12.7. The van der Waals surface area contributed by atoms with E-state index < -0.39 is 0 Å². The molecule has 4 rings (SSSR count). The second kappa shape index (κ2) is 5.37. The lowest BCUT2D eigenvalue weighted by molar-refractivity contribution is -0.972. The SMILES string of the molecule is C1CC[NH+](C2CC[NH+]([C@@H]3C[C@H]4CC[C@H]3C4)CC2)CC1. The van der Waals surface area contributed by atoms with Gasteiger partial charge in [-0.1, -0.05) is 0 Å². The Kier molecular flexibility index (Phi) is 3.57. The van der Waals surface area contributed by atoms with Gasteiger partial charge in [-0.3, -0.25) is 0 Å². The van der Waals surface area contributed by atoms with Gasteiger partial charge in [-0.05, 0) is 44.4 Å². The Hall–Kier alpha value is -0.0800. The van der Waals surface area contributed by atoms with E-state index in [0.29, 0.717) is 0 Å². The smallest absolute Gasteiger partial charge is 0.0983 e. The van der Waals surface area contributed by atoms with Crippen LogP contribution in [0.15, 0.2) is 0 Å². The van der Waals surface area contributed by atoms with E-state index in [9.17, 15) is 0 Å². The second-order valence-corrected chi connectivity index (χ2v) is 7.93. The first kappa shape index (κ1) is 12.6. The maximum Gasteiger partial charge on any atom is 0.0983 e. The van der Waals surface area contributed by atoms with E-state index in [0.717, 1.165) is 23.9 Å². The van der Waals surface area contributed by atoms with Gasteiger partial charge in [0.05, 0.1) is 38.3 Å². The van der Waals surface area contributed by atoms with E-state index in [4.69, 9.17) is 0 Å². The van der Waals surface area contributed by atoms with E-state index >= 15 is 0 Å². The van der Waals surface area contributed by atoms with E-state index in [1.807, 2.05) is 9.80 Å². The molecule has 108 valence electrons. The number of quaternary nitrogens is 2. The van der Waals surface area contributed by atoms with Crippen molar-refractivity contribution >= 4 is 0 Å². The van der Waals surface area contributed by atoms with Crippen molar-refractivity contribution in [1.29, 1.82) is 0 Å². The molecule has 4 fully saturated rings. The highest BCUT2D eigenvalue weighted by molar-refractivity contribution is 4.90. The minimum Gasteiger partial charge on any atom is -0.332 e. The van der Waals surface area contributed by atoms with Gasteiger partial charge in [0.15, 0.2) is 0 Å². The van der Waals surface area contributed by atoms with Gasteiger partial charge in [-0.2, -0.15) is 0 Å². The Balaban J connectivity index is 1.30. The Morgan fingerprint density at radius 1 is 0.632 bits per heavy atom. The summed E-state index contributed by atoms with van der Waals surface area (Å²) in [7, 11) is 0. The fraction of sp³-hybridized carbons (Fsp3) is 1.00. The molecule has 2 nitrogen and oxygen atoms in total. The quantitative estimate of drug-likeness (QED) is 0.709. The van der Waals surface area contributed by atoms with Crippen LogP contribution in [0.4, 0.5) is 0 Å². The minimum absolute atomic E-state index is 1.03. The molecule has 2 heterocycles. The average molecular weight is 264 g/mol. The molecule has 0 spiro atoms. The van der Waals surface area contributed by atoms with Crippen LogP contribution in [0.5, 0.6) is 0 Å². The van der Waals surface area contributed by atoms with Crippen LogP contribution in [0.3, 0.4) is 0 Å². The number of fused-ring (bicyclic) bond motifs is 2. The summed E-state index contributed by atoms with van der Waals surface area (Å²) in [5.41, 5.74) is 0. The normalized spacial score (nSPS) is 47.7. The van der Waals surface area contributed by atoms with Crippen LogP contribution in [0.25, 0.3) is 0 Å². The zero-order valence-corrected chi connectivity index (χ0v) is 12.5. The Bertz CT molecular complexity index is 302. The van der Waals surface area contributed by atoms with Crippen LogP contribution in [-0.4, -0.2) is 38.3 Å². The van der Waals surface area contributed by atoms with Gasteiger partial charge in [0.2, 0.25) is 0 Å². The van der Waals surface area contributed by atoms with Crippen molar-refractivity contribution in [2.75, 3.05) is 26.2 Å². The third-order valence-corrected chi connectivity index (χ3v) is 6.96. The molecule has 2 saturated heterocycles. The predicted molar refractivity (Wildman–Crippen MR) is 77.5 cm³/mol. The van der Waals surface area contributed by atoms with Crippen LogP contribution < -0.4 is 9.80 Å². The summed E-state index contributed by atoms with van der Waals surface area (Å²) in [5, 5.41) is 0. The molecule has 2 bridgehead atoms. The second-order valence-electron chi connectivity index (χ2n) is 7.93. The highest BCUT2D eigenvalue weighted by atomic mass is 15.2. The molecule has 3 atom stereocenters. The molecular weight excluding hydrogens is 232 g/mol. The largest absolute Gasteiger partial charge is 0.332 e. The Morgan fingerprint density at radius 3 is 2.05 bits per heavy atom. The summed E-state index contributed by atoms with van der Waals surface area (Å²) in [6.45, 7) is 5.96. The number of rotatable bonds is 2. The lowest BCUT2D eigenvalue weighted by atomic mass is 9.91. The summed E-state index contributed by atoms with van der Waals surface area (Å²) in [6.07, 6.45) is 13.9. The molecule has 2 saturated carbocycles. The number of piperidine rings is 2. The molecular formula is C17H32N2+2. The average Bonchev–Trinajstić information content (AvgIpc) is 3.11. The molecule has 2 N–H and O–H groups in total. The lowest BCUT2D eigenvalue weighted by Crippen LogP contribution is -3.22. The number of nitrogens with one attached hydrogen (secondary N) is 2. The third-order valence-electron chi connectivity index (χ3n) is 6.96. The van der Waals surface area contributed by atoms with Gasteiger partial charge in [0, 0.05) is 25.2 Å². The molecule has 0 radical (unpaired) electrons. The number of hydrogen-bond acceptors (Lipinski definition) is 0. The first-order valence-corrected chi connectivity index (χ1v) is 9.09. The van der Waals surface area contributed by atoms with Gasteiger partial charge >= 0.3 is 0 Å². The van der Waals surface area contributed by atoms with Gasteiger partial charge in [-0.25, -0.2) is 0 Å². The third kappa shape index (κ3) is 2.47. The summed E-state index contributed by atoms with van der Waals surface area (Å²) >= 11 is 0. The maximum absolute atomic E-state index is 2.01. The van der Waals surface area contributed by atoms with Crippen molar-refractivity contribution in [3.8, 4) is 0 Å². The van der Waals surface area contributed by atoms with Gasteiger partial charge in [0.25, 0.3) is 0 Å². The summed E-state index contributed by atoms with van der Waals surface area (Å²) in [4.78, 5) is 3.98. The number of hydrogen-bond donors (Lipinski definition) is 2. The molecule has 0 amide bonds. The fourth-order valence-electron chi connectivity index (χ4n) is 5.93. The summed E-state index contributed by atoms with van der Waals surface area (Å²) in [6, 6.07) is 2.11.